The van der Waals surface area contributed by atoms with Gasteiger partial charge in [-0.15, -0.1) is 88.0 Å². The SMILES string of the molecule is C=C(C)c1cccc(-n2nnn(C)c2=O)c1COc1cc[c-]cc1Br.C=Cc1cccc(-n2nnn(C)c2=O)c1COc1cc[c-]cc1Br.Cn1nnn(-c2cccc(SC(F)(F)F)c2COc2cc[c-]cc2Br)c1=O.Cn1nnn(-c2cccc(SC(F)F)c2COc2cc[c-]cc2Br)c1=O.[Y].[Y].[Y].[Y]. The summed E-state index contributed by atoms with van der Waals surface area (Å²) in [6, 6.07) is 52.5. The molecule has 12 aromatic rings. The number of halogens is 9. The molecular weight excluding hydrogens is 1990 g/mol. The van der Waals surface area contributed by atoms with Crippen molar-refractivity contribution in [3.8, 4) is 45.7 Å². The molecule has 0 unspecified atom stereocenters. The smallest absolute Gasteiger partial charge is 0.446 e. The minimum absolute atomic E-state index is 0. The first-order chi connectivity index (χ1) is 48.8. The summed E-state index contributed by atoms with van der Waals surface area (Å²) in [5, 5.41) is 30.2. The van der Waals surface area contributed by atoms with Crippen molar-refractivity contribution < 1.29 is 172 Å². The number of ether oxygens (including phenoxy) is 4. The Kier molecular flexibility index (Phi) is 37.2. The zero-order valence-corrected chi connectivity index (χ0v) is 75.5. The average molecular weight is 2040 g/mol. The number of hydrogen-bond acceptors (Lipinski definition) is 18. The molecule has 39 heteroatoms. The molecule has 0 aliphatic rings. The van der Waals surface area contributed by atoms with Gasteiger partial charge in [-0.3, -0.25) is 0 Å². The van der Waals surface area contributed by atoms with E-state index in [0.717, 1.165) is 55.5 Å². The summed E-state index contributed by atoms with van der Waals surface area (Å²) in [4.78, 5) is 49.0. The number of nitrogens with zero attached hydrogens (tertiary/aromatic N) is 16. The van der Waals surface area contributed by atoms with Crippen molar-refractivity contribution >= 4 is 98.9 Å². The van der Waals surface area contributed by atoms with E-state index in [2.05, 4.69) is 143 Å². The van der Waals surface area contributed by atoms with Crippen LogP contribution >= 0.6 is 87.2 Å². The number of thioether (sulfide) groups is 2. The van der Waals surface area contributed by atoms with Crippen LogP contribution in [-0.4, -0.2) is 90.4 Å². The van der Waals surface area contributed by atoms with Crippen molar-refractivity contribution in [3.63, 3.8) is 0 Å². The first-order valence-corrected chi connectivity index (χ1v) is 34.3. The molecule has 0 N–H and O–H groups in total. The van der Waals surface area contributed by atoms with Crippen LogP contribution in [0.5, 0.6) is 23.0 Å². The summed E-state index contributed by atoms with van der Waals surface area (Å²) in [5.74, 6) is -0.283. The van der Waals surface area contributed by atoms with Crippen LogP contribution in [0.1, 0.15) is 40.3 Å². The molecule has 8 aromatic carbocycles. The van der Waals surface area contributed by atoms with Crippen molar-refractivity contribution in [2.75, 3.05) is 0 Å². The molecule has 0 saturated carbocycles. The van der Waals surface area contributed by atoms with Gasteiger partial charge >= 0.3 is 28.3 Å². The van der Waals surface area contributed by atoms with E-state index in [1.54, 1.807) is 105 Å². The Morgan fingerprint density at radius 1 is 0.472 bits per heavy atom. The van der Waals surface area contributed by atoms with Gasteiger partial charge in [0, 0.05) is 214 Å². The molecule has 4 radical (unpaired) electrons. The average Bonchev–Trinajstić information content (AvgIpc) is 1.62. The fourth-order valence-corrected chi connectivity index (χ4v) is 12.0. The van der Waals surface area contributed by atoms with Gasteiger partial charge in [-0.2, -0.15) is 132 Å². The van der Waals surface area contributed by atoms with Crippen LogP contribution in [-0.2, 0) is 185 Å². The molecule has 0 amide bonds. The summed E-state index contributed by atoms with van der Waals surface area (Å²) in [7, 11) is 5.96. The molecule has 24 nitrogen and oxygen atoms in total. The van der Waals surface area contributed by atoms with E-state index >= 15 is 0 Å². The van der Waals surface area contributed by atoms with Crippen LogP contribution in [0.3, 0.4) is 0 Å². The largest absolute Gasteiger partial charge is 0.513 e. The Bertz CT molecular complexity index is 5240. The van der Waals surface area contributed by atoms with E-state index in [4.69, 9.17) is 18.9 Å². The van der Waals surface area contributed by atoms with Crippen molar-refractivity contribution in [2.24, 2.45) is 28.2 Å². The van der Waals surface area contributed by atoms with Gasteiger partial charge < -0.3 is 18.9 Å². The molecule has 0 aliphatic carbocycles. The molecule has 0 atom stereocenters. The second kappa shape index (κ2) is 43.3. The summed E-state index contributed by atoms with van der Waals surface area (Å²) >= 11 is 13.6. The van der Waals surface area contributed by atoms with E-state index in [9.17, 15) is 41.1 Å². The second-order valence-corrected chi connectivity index (χ2v) is 26.4. The van der Waals surface area contributed by atoms with Gasteiger partial charge in [-0.25, -0.2) is 19.2 Å². The number of hydrogen-bond donors (Lipinski definition) is 0. The quantitative estimate of drug-likeness (QED) is 0.0368. The second-order valence-electron chi connectivity index (χ2n) is 20.8. The van der Waals surface area contributed by atoms with Gasteiger partial charge in [-0.1, -0.05) is 90.9 Å². The number of aryl methyl sites for hydroxylation is 4. The van der Waals surface area contributed by atoms with Crippen LogP contribution in [0, 0.1) is 24.3 Å². The molecular formula is C67H53Br4F5N16O8S2Y4-4. The fraction of sp³-hybridized carbons (Fsp3) is 0.164. The van der Waals surface area contributed by atoms with E-state index in [1.807, 2.05) is 49.4 Å². The Labute approximate surface area is 744 Å². The predicted octanol–water partition coefficient (Wildman–Crippen LogP) is 13.0. The first-order valence-electron chi connectivity index (χ1n) is 29.4. The van der Waals surface area contributed by atoms with Crippen LogP contribution in [0.25, 0.3) is 34.4 Å². The zero-order valence-electron chi connectivity index (χ0n) is 56.2. The molecule has 4 aromatic heterocycles. The Morgan fingerprint density at radius 3 is 1.08 bits per heavy atom. The van der Waals surface area contributed by atoms with Crippen molar-refractivity contribution in [1.29, 1.82) is 0 Å². The monoisotopic (exact) mass is 2040 g/mol. The van der Waals surface area contributed by atoms with E-state index in [1.165, 1.54) is 51.0 Å². The predicted molar refractivity (Wildman–Crippen MR) is 384 cm³/mol. The van der Waals surface area contributed by atoms with Crippen LogP contribution < -0.4 is 41.7 Å². The van der Waals surface area contributed by atoms with Gasteiger partial charge in [0.1, 0.15) is 26.4 Å². The van der Waals surface area contributed by atoms with E-state index in [-0.39, 0.29) is 197 Å². The molecule has 12 rings (SSSR count). The molecule has 0 saturated heterocycles. The molecule has 4 heterocycles. The summed E-state index contributed by atoms with van der Waals surface area (Å²) < 4.78 is 99.9. The normalized spacial score (nSPS) is 10.6. The number of allylic oxidation sites excluding steroid dienone is 1. The van der Waals surface area contributed by atoms with Crippen LogP contribution in [0.2, 0.25) is 0 Å². The summed E-state index contributed by atoms with van der Waals surface area (Å²) in [5.41, 5.74) is 0.382. The number of rotatable bonds is 21. The third kappa shape index (κ3) is 24.1. The van der Waals surface area contributed by atoms with Crippen LogP contribution in [0.15, 0.2) is 206 Å². The maximum Gasteiger partial charge on any atom is 0.446 e. The van der Waals surface area contributed by atoms with Crippen molar-refractivity contribution in [2.45, 2.75) is 54.4 Å². The molecule has 540 valence electrons. The molecule has 0 aliphatic heterocycles. The number of alkyl halides is 5. The fourth-order valence-electron chi connectivity index (χ4n) is 9.20. The number of aromatic nitrogens is 16. The van der Waals surface area contributed by atoms with Crippen LogP contribution in [0.4, 0.5) is 22.0 Å². The Morgan fingerprint density at radius 2 is 0.774 bits per heavy atom. The number of benzene rings is 8. The van der Waals surface area contributed by atoms with Crippen molar-refractivity contribution in [3.05, 3.63) is 276 Å². The van der Waals surface area contributed by atoms with Gasteiger partial charge in [0.25, 0.3) is 5.76 Å². The molecule has 0 bridgehead atoms. The van der Waals surface area contributed by atoms with E-state index in [0.29, 0.717) is 71.2 Å². The minimum atomic E-state index is -4.50. The maximum absolute atomic E-state index is 13.0. The third-order valence-electron chi connectivity index (χ3n) is 14.1. The summed E-state index contributed by atoms with van der Waals surface area (Å²) in [6.07, 6.45) is 1.72. The van der Waals surface area contributed by atoms with Gasteiger partial charge in [0.05, 0.1) is 22.7 Å². The number of tetrazole rings is 4. The first kappa shape index (κ1) is 91.2. The zero-order chi connectivity index (χ0) is 73.4. The standard InChI is InChI=1S/C18H16BrN4O2.C17H14BrN4O2.C16H11BrF3N4O2S.C16H12BrF2N4O2S.4Y/c1-12(2)13-7-6-9-16(23-18(24)22(3)20-21-23)14(13)11-25-17-10-5-4-8-15(17)19;1-3-12-7-6-9-15(22-17(23)21(2)19-20-22)13(12)11-24-16-10-5-4-8-14(16)18;1-23-15(25)24(22-21-23)12-6-4-8-14(27-16(18,19)20)10(12)9-26-13-7-3-2-5-11(13)17;1-22-16(24)23(21-20-22)12-6-4-8-14(26-15(18)19)10(12)9-25-13-7-3-2-5-11(13)17;;;;/h5-10H,1,11H2,2-3H3;3,5-10H,1,11H2,2H3;3-8H,9H2,1H3;3-8,15H,9H2,1H3;;;;/q4*-1;;;;. The Balaban J connectivity index is 0.000000251. The molecule has 106 heavy (non-hydrogen) atoms. The summed E-state index contributed by atoms with van der Waals surface area (Å²) in [6.45, 7) is 10.0. The minimum Gasteiger partial charge on any atom is -0.513 e. The topological polar surface area (TPSA) is 248 Å². The van der Waals surface area contributed by atoms with Gasteiger partial charge in [-0.05, 0) is 108 Å². The molecule has 0 fully saturated rings. The third-order valence-corrected chi connectivity index (χ3v) is 18.2. The Hall–Kier alpha value is -5.39. The van der Waals surface area contributed by atoms with Gasteiger partial charge in [0.2, 0.25) is 0 Å². The van der Waals surface area contributed by atoms with Gasteiger partial charge in [0.15, 0.2) is 0 Å². The van der Waals surface area contributed by atoms with E-state index < -0.39 is 22.6 Å². The van der Waals surface area contributed by atoms with Crippen molar-refractivity contribution in [1.82, 2.24) is 79.2 Å². The maximum atomic E-state index is 13.0. The molecule has 0 spiro atoms.